The standard InChI is InChI=1S/C15H24F2N4/c16-15(17)4-8-20(9-5-15)14-12-18-21(13-14)11-10-19-6-2-1-3-7-19/h12-13H,1-11H2. The quantitative estimate of drug-likeness (QED) is 0.854. The number of halogens is 2. The van der Waals surface area contributed by atoms with Gasteiger partial charge in [-0.25, -0.2) is 8.78 Å². The summed E-state index contributed by atoms with van der Waals surface area (Å²) in [7, 11) is 0. The molecule has 4 nitrogen and oxygen atoms in total. The molecule has 118 valence electrons. The van der Waals surface area contributed by atoms with Crippen LogP contribution in [0.2, 0.25) is 0 Å². The minimum absolute atomic E-state index is 0.0496. The molecule has 0 aromatic carbocycles. The lowest BCUT2D eigenvalue weighted by atomic mass is 10.1. The molecule has 0 spiro atoms. The zero-order valence-electron chi connectivity index (χ0n) is 12.5. The number of piperidine rings is 2. The van der Waals surface area contributed by atoms with Crippen molar-refractivity contribution in [3.05, 3.63) is 12.4 Å². The van der Waals surface area contributed by atoms with Crippen LogP contribution < -0.4 is 4.90 Å². The summed E-state index contributed by atoms with van der Waals surface area (Å²) in [6.45, 7) is 5.13. The van der Waals surface area contributed by atoms with E-state index in [0.717, 1.165) is 18.8 Å². The second-order valence-electron chi connectivity index (χ2n) is 6.21. The van der Waals surface area contributed by atoms with Crippen molar-refractivity contribution in [2.45, 2.75) is 44.6 Å². The van der Waals surface area contributed by atoms with Gasteiger partial charge in [-0.2, -0.15) is 5.10 Å². The summed E-state index contributed by atoms with van der Waals surface area (Å²) in [5.74, 6) is -2.49. The molecule has 0 unspecified atom stereocenters. The molecule has 2 aliphatic rings. The Morgan fingerprint density at radius 1 is 1.00 bits per heavy atom. The average molecular weight is 298 g/mol. The Labute approximate surface area is 124 Å². The van der Waals surface area contributed by atoms with Crippen LogP contribution >= 0.6 is 0 Å². The maximum absolute atomic E-state index is 13.2. The first kappa shape index (κ1) is 14.8. The number of alkyl halides is 2. The lowest BCUT2D eigenvalue weighted by Gasteiger charge is -2.32. The first-order chi connectivity index (χ1) is 10.1. The molecule has 1 aromatic heterocycles. The Kier molecular flexibility index (Phi) is 4.42. The predicted octanol–water partition coefficient (Wildman–Crippen LogP) is 2.60. The van der Waals surface area contributed by atoms with Gasteiger partial charge in [-0.3, -0.25) is 4.68 Å². The molecule has 2 saturated heterocycles. The fraction of sp³-hybridized carbons (Fsp3) is 0.800. The topological polar surface area (TPSA) is 24.3 Å². The Hall–Kier alpha value is -1.17. The second kappa shape index (κ2) is 6.30. The molecule has 21 heavy (non-hydrogen) atoms. The molecular weight excluding hydrogens is 274 g/mol. The van der Waals surface area contributed by atoms with Crippen LogP contribution in [0.3, 0.4) is 0 Å². The van der Waals surface area contributed by atoms with E-state index in [-0.39, 0.29) is 12.8 Å². The van der Waals surface area contributed by atoms with Crippen LogP contribution in [0.5, 0.6) is 0 Å². The number of aromatic nitrogens is 2. The summed E-state index contributed by atoms with van der Waals surface area (Å²) in [5, 5.41) is 4.37. The van der Waals surface area contributed by atoms with Gasteiger partial charge in [0.2, 0.25) is 0 Å². The van der Waals surface area contributed by atoms with Gasteiger partial charge >= 0.3 is 0 Å². The number of anilines is 1. The van der Waals surface area contributed by atoms with Gasteiger partial charge < -0.3 is 9.80 Å². The third-order valence-electron chi connectivity index (χ3n) is 4.57. The molecule has 3 heterocycles. The molecule has 0 bridgehead atoms. The summed E-state index contributed by atoms with van der Waals surface area (Å²) in [6.07, 6.45) is 7.64. The summed E-state index contributed by atoms with van der Waals surface area (Å²) < 4.78 is 28.3. The van der Waals surface area contributed by atoms with Crippen molar-refractivity contribution in [3.63, 3.8) is 0 Å². The second-order valence-corrected chi connectivity index (χ2v) is 6.21. The minimum Gasteiger partial charge on any atom is -0.369 e. The summed E-state index contributed by atoms with van der Waals surface area (Å²) in [6, 6.07) is 0. The molecule has 3 rings (SSSR count). The van der Waals surface area contributed by atoms with Crippen LogP contribution in [0.15, 0.2) is 12.4 Å². The fourth-order valence-corrected chi connectivity index (χ4v) is 3.16. The van der Waals surface area contributed by atoms with Gasteiger partial charge in [-0.05, 0) is 25.9 Å². The number of nitrogens with zero attached hydrogens (tertiary/aromatic N) is 4. The third-order valence-corrected chi connectivity index (χ3v) is 4.57. The van der Waals surface area contributed by atoms with E-state index in [1.165, 1.54) is 32.4 Å². The summed E-state index contributed by atoms with van der Waals surface area (Å²) >= 11 is 0. The fourth-order valence-electron chi connectivity index (χ4n) is 3.16. The predicted molar refractivity (Wildman–Crippen MR) is 78.9 cm³/mol. The van der Waals surface area contributed by atoms with E-state index >= 15 is 0 Å². The third kappa shape index (κ3) is 3.93. The van der Waals surface area contributed by atoms with E-state index in [4.69, 9.17) is 0 Å². The van der Waals surface area contributed by atoms with Crippen LogP contribution in [0, 0.1) is 0 Å². The highest BCUT2D eigenvalue weighted by Gasteiger charge is 2.34. The van der Waals surface area contributed by atoms with Crippen molar-refractivity contribution in [2.24, 2.45) is 0 Å². The molecule has 0 saturated carbocycles. The van der Waals surface area contributed by atoms with E-state index in [1.807, 2.05) is 15.8 Å². The van der Waals surface area contributed by atoms with Gasteiger partial charge in [-0.1, -0.05) is 6.42 Å². The first-order valence-electron chi connectivity index (χ1n) is 8.00. The number of hydrogen-bond donors (Lipinski definition) is 0. The van der Waals surface area contributed by atoms with Crippen LogP contribution in [-0.2, 0) is 6.54 Å². The summed E-state index contributed by atoms with van der Waals surface area (Å²) in [5.41, 5.74) is 0.976. The maximum atomic E-state index is 13.2. The first-order valence-corrected chi connectivity index (χ1v) is 8.00. The lowest BCUT2D eigenvalue weighted by Crippen LogP contribution is -2.39. The highest BCUT2D eigenvalue weighted by Crippen LogP contribution is 2.30. The highest BCUT2D eigenvalue weighted by molar-refractivity contribution is 5.42. The highest BCUT2D eigenvalue weighted by atomic mass is 19.3. The normalized spacial score (nSPS) is 23.4. The Balaban J connectivity index is 1.49. The van der Waals surface area contributed by atoms with Crippen LogP contribution in [-0.4, -0.2) is 53.3 Å². The van der Waals surface area contributed by atoms with Gasteiger partial charge in [0.05, 0.1) is 18.4 Å². The van der Waals surface area contributed by atoms with Crippen molar-refractivity contribution in [1.29, 1.82) is 0 Å². The maximum Gasteiger partial charge on any atom is 0.251 e. The molecule has 2 aliphatic heterocycles. The smallest absolute Gasteiger partial charge is 0.251 e. The van der Waals surface area contributed by atoms with E-state index in [9.17, 15) is 8.78 Å². The van der Waals surface area contributed by atoms with Gasteiger partial charge in [0.25, 0.3) is 5.92 Å². The van der Waals surface area contributed by atoms with Crippen molar-refractivity contribution < 1.29 is 8.78 Å². The van der Waals surface area contributed by atoms with Crippen molar-refractivity contribution in [1.82, 2.24) is 14.7 Å². The van der Waals surface area contributed by atoms with E-state index in [0.29, 0.717) is 13.1 Å². The van der Waals surface area contributed by atoms with E-state index < -0.39 is 5.92 Å². The molecule has 6 heteroatoms. The van der Waals surface area contributed by atoms with Gasteiger partial charge in [-0.15, -0.1) is 0 Å². The Morgan fingerprint density at radius 3 is 2.43 bits per heavy atom. The van der Waals surface area contributed by atoms with Gasteiger partial charge in [0.15, 0.2) is 0 Å². The van der Waals surface area contributed by atoms with Crippen molar-refractivity contribution in [3.8, 4) is 0 Å². The monoisotopic (exact) mass is 298 g/mol. The molecule has 1 aromatic rings. The lowest BCUT2D eigenvalue weighted by molar-refractivity contribution is -0.0220. The van der Waals surface area contributed by atoms with Crippen LogP contribution in [0.1, 0.15) is 32.1 Å². The molecule has 0 amide bonds. The average Bonchev–Trinajstić information content (AvgIpc) is 2.95. The molecule has 0 aliphatic carbocycles. The molecule has 0 radical (unpaired) electrons. The van der Waals surface area contributed by atoms with Crippen LogP contribution in [0.4, 0.5) is 14.5 Å². The molecular formula is C15H24F2N4. The number of hydrogen-bond acceptors (Lipinski definition) is 3. The van der Waals surface area contributed by atoms with Crippen LogP contribution in [0.25, 0.3) is 0 Å². The summed E-state index contributed by atoms with van der Waals surface area (Å²) in [4.78, 5) is 4.49. The van der Waals surface area contributed by atoms with Gasteiger partial charge in [0.1, 0.15) is 0 Å². The van der Waals surface area contributed by atoms with Gasteiger partial charge in [0, 0.05) is 38.7 Å². The Bertz CT molecular complexity index is 444. The number of rotatable bonds is 4. The van der Waals surface area contributed by atoms with E-state index in [1.54, 1.807) is 6.20 Å². The zero-order valence-corrected chi connectivity index (χ0v) is 12.5. The van der Waals surface area contributed by atoms with Crippen molar-refractivity contribution in [2.75, 3.05) is 37.6 Å². The SMILES string of the molecule is FC1(F)CCN(c2cnn(CCN3CCCCC3)c2)CC1. The molecule has 2 fully saturated rings. The molecule has 0 N–H and O–H groups in total. The zero-order chi connectivity index (χ0) is 14.7. The molecule has 0 atom stereocenters. The minimum atomic E-state index is -2.49. The van der Waals surface area contributed by atoms with E-state index in [2.05, 4.69) is 10.00 Å². The Morgan fingerprint density at radius 2 is 1.71 bits per heavy atom. The largest absolute Gasteiger partial charge is 0.369 e. The van der Waals surface area contributed by atoms with Crippen molar-refractivity contribution >= 4 is 5.69 Å². The number of likely N-dealkylation sites (tertiary alicyclic amines) is 1.